The highest BCUT2D eigenvalue weighted by atomic mass is 19.1. The van der Waals surface area contributed by atoms with Gasteiger partial charge in [-0.1, -0.05) is 13.8 Å². The normalized spacial score (nSPS) is 11.0. The van der Waals surface area contributed by atoms with E-state index in [1.165, 1.54) is 18.2 Å². The second-order valence-corrected chi connectivity index (χ2v) is 4.87. The molecule has 1 aromatic carbocycles. The Balaban J connectivity index is 2.56. The predicted molar refractivity (Wildman–Crippen MR) is 71.8 cm³/mol. The maximum atomic E-state index is 13.0. The number of nitrogens with zero attached hydrogens (tertiary/aromatic N) is 1. The van der Waals surface area contributed by atoms with Crippen molar-refractivity contribution in [2.75, 3.05) is 31.2 Å². The monoisotopic (exact) mass is 253 g/mol. The van der Waals surface area contributed by atoms with Crippen LogP contribution in [0.3, 0.4) is 0 Å². The number of carbonyl (C=O) groups excluding carboxylic acids is 1. The van der Waals surface area contributed by atoms with Crippen LogP contribution >= 0.6 is 0 Å². The van der Waals surface area contributed by atoms with Crippen LogP contribution in [0.25, 0.3) is 0 Å². The Morgan fingerprint density at radius 1 is 1.50 bits per heavy atom. The number of anilines is 2. The molecule has 3 N–H and O–H groups in total. The van der Waals surface area contributed by atoms with E-state index in [0.29, 0.717) is 17.3 Å². The van der Waals surface area contributed by atoms with Crippen LogP contribution in [0, 0.1) is 11.7 Å². The van der Waals surface area contributed by atoms with E-state index in [9.17, 15) is 9.18 Å². The Morgan fingerprint density at radius 2 is 2.17 bits per heavy atom. The SMILES string of the molecule is CC(C)CN(C)CC(=O)Nc1cc(F)ccc1N. The summed E-state index contributed by atoms with van der Waals surface area (Å²) in [7, 11) is 1.87. The lowest BCUT2D eigenvalue weighted by Crippen LogP contribution is -2.32. The van der Waals surface area contributed by atoms with Gasteiger partial charge in [0.2, 0.25) is 5.91 Å². The maximum Gasteiger partial charge on any atom is 0.238 e. The summed E-state index contributed by atoms with van der Waals surface area (Å²) < 4.78 is 13.0. The van der Waals surface area contributed by atoms with Gasteiger partial charge in [-0.25, -0.2) is 4.39 Å². The highest BCUT2D eigenvalue weighted by Gasteiger charge is 2.10. The number of hydrogen-bond donors (Lipinski definition) is 2. The molecule has 0 aliphatic rings. The quantitative estimate of drug-likeness (QED) is 0.788. The van der Waals surface area contributed by atoms with Crippen molar-refractivity contribution in [3.8, 4) is 0 Å². The van der Waals surface area contributed by atoms with E-state index in [1.54, 1.807) is 0 Å². The number of hydrogen-bond acceptors (Lipinski definition) is 3. The highest BCUT2D eigenvalue weighted by molar-refractivity contribution is 5.95. The van der Waals surface area contributed by atoms with Gasteiger partial charge in [-0.3, -0.25) is 9.69 Å². The van der Waals surface area contributed by atoms with Crippen molar-refractivity contribution >= 4 is 17.3 Å². The second kappa shape index (κ2) is 6.35. The molecule has 18 heavy (non-hydrogen) atoms. The van der Waals surface area contributed by atoms with Gasteiger partial charge in [0.1, 0.15) is 5.82 Å². The molecule has 0 unspecified atom stereocenters. The molecule has 0 spiro atoms. The fourth-order valence-corrected chi connectivity index (χ4v) is 1.76. The molecule has 1 aromatic rings. The molecule has 0 aliphatic heterocycles. The van der Waals surface area contributed by atoms with E-state index < -0.39 is 5.82 Å². The van der Waals surface area contributed by atoms with Crippen molar-refractivity contribution < 1.29 is 9.18 Å². The molecule has 0 aliphatic carbocycles. The van der Waals surface area contributed by atoms with Gasteiger partial charge < -0.3 is 11.1 Å². The van der Waals surface area contributed by atoms with Gasteiger partial charge in [-0.15, -0.1) is 0 Å². The van der Waals surface area contributed by atoms with Gasteiger partial charge in [-0.2, -0.15) is 0 Å². The molecule has 5 heteroatoms. The van der Waals surface area contributed by atoms with Crippen LogP contribution in [-0.2, 0) is 4.79 Å². The largest absolute Gasteiger partial charge is 0.397 e. The summed E-state index contributed by atoms with van der Waals surface area (Å²) in [5.41, 5.74) is 6.33. The number of nitrogens with two attached hydrogens (primary N) is 1. The van der Waals surface area contributed by atoms with Crippen LogP contribution in [0.5, 0.6) is 0 Å². The summed E-state index contributed by atoms with van der Waals surface area (Å²) in [5.74, 6) is -0.132. The molecular weight excluding hydrogens is 233 g/mol. The molecule has 0 saturated carbocycles. The first-order chi connectivity index (χ1) is 8.38. The molecule has 0 saturated heterocycles. The first-order valence-electron chi connectivity index (χ1n) is 5.92. The van der Waals surface area contributed by atoms with E-state index in [-0.39, 0.29) is 12.5 Å². The Bertz CT molecular complexity index is 421. The number of halogens is 1. The van der Waals surface area contributed by atoms with E-state index in [2.05, 4.69) is 19.2 Å². The molecule has 0 aromatic heterocycles. The Kier molecular flexibility index (Phi) is 5.09. The molecule has 100 valence electrons. The number of benzene rings is 1. The van der Waals surface area contributed by atoms with Crippen molar-refractivity contribution in [2.45, 2.75) is 13.8 Å². The van der Waals surface area contributed by atoms with Crippen molar-refractivity contribution in [3.63, 3.8) is 0 Å². The van der Waals surface area contributed by atoms with E-state index in [4.69, 9.17) is 5.73 Å². The van der Waals surface area contributed by atoms with Crippen molar-refractivity contribution in [3.05, 3.63) is 24.0 Å². The van der Waals surface area contributed by atoms with E-state index in [0.717, 1.165) is 6.54 Å². The molecule has 0 heterocycles. The third-order valence-corrected chi connectivity index (χ3v) is 2.38. The zero-order chi connectivity index (χ0) is 13.7. The Labute approximate surface area is 107 Å². The molecular formula is C13H20FN3O. The van der Waals surface area contributed by atoms with Gasteiger partial charge in [-0.05, 0) is 31.2 Å². The van der Waals surface area contributed by atoms with Crippen molar-refractivity contribution in [2.24, 2.45) is 5.92 Å². The highest BCUT2D eigenvalue weighted by Crippen LogP contribution is 2.18. The van der Waals surface area contributed by atoms with Crippen molar-refractivity contribution in [1.29, 1.82) is 0 Å². The second-order valence-electron chi connectivity index (χ2n) is 4.87. The minimum atomic E-state index is -0.421. The molecule has 1 amide bonds. The van der Waals surface area contributed by atoms with Gasteiger partial charge in [0.15, 0.2) is 0 Å². The molecule has 0 radical (unpaired) electrons. The zero-order valence-electron chi connectivity index (χ0n) is 11.0. The van der Waals surface area contributed by atoms with Gasteiger partial charge in [0, 0.05) is 6.54 Å². The summed E-state index contributed by atoms with van der Waals surface area (Å²) >= 11 is 0. The van der Waals surface area contributed by atoms with E-state index >= 15 is 0 Å². The number of amides is 1. The number of nitrogen functional groups attached to an aromatic ring is 1. The number of likely N-dealkylation sites (N-methyl/N-ethyl adjacent to an activating group) is 1. The molecule has 0 bridgehead atoms. The van der Waals surface area contributed by atoms with Crippen LogP contribution in [0.4, 0.5) is 15.8 Å². The minimum absolute atomic E-state index is 0.199. The van der Waals surface area contributed by atoms with E-state index in [1.807, 2.05) is 11.9 Å². The standard InChI is InChI=1S/C13H20FN3O/c1-9(2)7-17(3)8-13(18)16-12-6-10(14)4-5-11(12)15/h4-6,9H,7-8,15H2,1-3H3,(H,16,18). The van der Waals surface area contributed by atoms with Crippen molar-refractivity contribution in [1.82, 2.24) is 4.90 Å². The summed E-state index contributed by atoms with van der Waals surface area (Å²) in [6.07, 6.45) is 0. The maximum absolute atomic E-state index is 13.0. The first-order valence-corrected chi connectivity index (χ1v) is 5.92. The van der Waals surface area contributed by atoms with Crippen LogP contribution in [-0.4, -0.2) is 30.9 Å². The predicted octanol–water partition coefficient (Wildman–Crippen LogP) is 1.93. The third-order valence-electron chi connectivity index (χ3n) is 2.38. The third kappa shape index (κ3) is 4.71. The summed E-state index contributed by atoms with van der Waals surface area (Å²) in [6.45, 7) is 5.25. The smallest absolute Gasteiger partial charge is 0.238 e. The Morgan fingerprint density at radius 3 is 2.78 bits per heavy atom. The molecule has 0 atom stereocenters. The molecule has 1 rings (SSSR count). The fourth-order valence-electron chi connectivity index (χ4n) is 1.76. The lowest BCUT2D eigenvalue weighted by Gasteiger charge is -2.18. The fraction of sp³-hybridized carbons (Fsp3) is 0.462. The van der Waals surface area contributed by atoms with Gasteiger partial charge in [0.05, 0.1) is 17.9 Å². The number of carbonyl (C=O) groups is 1. The average Bonchev–Trinajstić information content (AvgIpc) is 2.21. The zero-order valence-corrected chi connectivity index (χ0v) is 11.0. The van der Waals surface area contributed by atoms with Crippen LogP contribution in [0.1, 0.15) is 13.8 Å². The van der Waals surface area contributed by atoms with Crippen LogP contribution < -0.4 is 11.1 Å². The number of rotatable bonds is 5. The first kappa shape index (κ1) is 14.4. The van der Waals surface area contributed by atoms with Crippen LogP contribution in [0.2, 0.25) is 0 Å². The average molecular weight is 253 g/mol. The molecule has 0 fully saturated rings. The summed E-state index contributed by atoms with van der Waals surface area (Å²) in [5, 5.41) is 2.61. The summed E-state index contributed by atoms with van der Waals surface area (Å²) in [6, 6.07) is 3.91. The lowest BCUT2D eigenvalue weighted by atomic mass is 10.2. The Hall–Kier alpha value is -1.62. The van der Waals surface area contributed by atoms with Gasteiger partial charge in [0.25, 0.3) is 0 Å². The minimum Gasteiger partial charge on any atom is -0.397 e. The molecule has 4 nitrogen and oxygen atoms in total. The lowest BCUT2D eigenvalue weighted by molar-refractivity contribution is -0.117. The van der Waals surface area contributed by atoms with Gasteiger partial charge >= 0.3 is 0 Å². The number of nitrogens with one attached hydrogen (secondary N) is 1. The van der Waals surface area contributed by atoms with Crippen LogP contribution in [0.15, 0.2) is 18.2 Å². The summed E-state index contributed by atoms with van der Waals surface area (Å²) in [4.78, 5) is 13.6. The topological polar surface area (TPSA) is 58.4 Å².